The van der Waals surface area contributed by atoms with E-state index in [0.29, 0.717) is 12.1 Å². The molecule has 0 spiro atoms. The fraction of sp³-hybridized carbons (Fsp3) is 0.778. The predicted octanol–water partition coefficient (Wildman–Crippen LogP) is 5.04. The molecule has 0 radical (unpaired) electrons. The van der Waals surface area contributed by atoms with Gasteiger partial charge in [-0.3, -0.25) is 9.98 Å². The van der Waals surface area contributed by atoms with Crippen LogP contribution in [0.3, 0.4) is 0 Å². The first-order chi connectivity index (χ1) is 11.9. The van der Waals surface area contributed by atoms with Crippen molar-refractivity contribution in [3.8, 4) is 0 Å². The second-order valence-corrected chi connectivity index (χ2v) is 8.98. The largest absolute Gasteiger partial charge is 0.362 e. The molecular weight excluding hydrogens is 407 g/mol. The van der Waals surface area contributed by atoms with Crippen LogP contribution in [0.25, 0.3) is 0 Å². The smallest absolute Gasteiger partial charge is 0.167 e. The number of hydrogen-bond acceptors (Lipinski definition) is 5. The topological polar surface area (TPSA) is 40.0 Å². The highest BCUT2D eigenvalue weighted by Gasteiger charge is 2.27. The summed E-state index contributed by atoms with van der Waals surface area (Å²) in [7, 11) is 0. The Morgan fingerprint density at radius 3 is 2.65 bits per heavy atom. The van der Waals surface area contributed by atoms with Crippen molar-refractivity contribution in [3.05, 3.63) is 11.1 Å². The minimum atomic E-state index is 0. The van der Waals surface area contributed by atoms with E-state index in [4.69, 9.17) is 4.99 Å². The normalized spacial score (nSPS) is 23.8. The Morgan fingerprint density at radius 2 is 1.88 bits per heavy atom. The van der Waals surface area contributed by atoms with E-state index < -0.39 is 0 Å². The molecule has 8 heteroatoms. The summed E-state index contributed by atoms with van der Waals surface area (Å²) >= 11 is 3.69. The average Bonchev–Trinajstić information content (AvgIpc) is 3.32. The van der Waals surface area contributed by atoms with Gasteiger partial charge in [0.1, 0.15) is 0 Å². The monoisotopic (exact) mass is 436 g/mol. The molecule has 26 heavy (non-hydrogen) atoms. The van der Waals surface area contributed by atoms with Crippen LogP contribution in [-0.4, -0.2) is 46.2 Å². The van der Waals surface area contributed by atoms with Crippen molar-refractivity contribution in [1.29, 1.82) is 0 Å². The molecule has 0 amide bonds. The van der Waals surface area contributed by atoms with Gasteiger partial charge in [-0.2, -0.15) is 0 Å². The number of rotatable bonds is 4. The molecule has 4 nitrogen and oxygen atoms in total. The molecule has 0 bridgehead atoms. The number of aliphatic imine (C=N–C) groups is 2. The third kappa shape index (κ3) is 5.73. The van der Waals surface area contributed by atoms with E-state index >= 15 is 0 Å². The molecule has 2 fully saturated rings. The Kier molecular flexibility index (Phi) is 9.48. The predicted molar refractivity (Wildman–Crippen MR) is 121 cm³/mol. The van der Waals surface area contributed by atoms with Gasteiger partial charge in [-0.15, -0.1) is 24.8 Å². The number of hydrogen-bond donors (Lipinski definition) is 1. The molecule has 0 saturated heterocycles. The van der Waals surface area contributed by atoms with Crippen LogP contribution in [0.15, 0.2) is 21.1 Å². The van der Waals surface area contributed by atoms with Gasteiger partial charge in [0.15, 0.2) is 10.3 Å². The Labute approximate surface area is 178 Å². The maximum atomic E-state index is 5.10. The first-order valence-corrected chi connectivity index (χ1v) is 11.4. The maximum absolute atomic E-state index is 5.10. The van der Waals surface area contributed by atoms with Gasteiger partial charge in [0, 0.05) is 24.0 Å². The summed E-state index contributed by atoms with van der Waals surface area (Å²) in [5, 5.41) is 8.47. The van der Waals surface area contributed by atoms with Crippen LogP contribution in [0.2, 0.25) is 0 Å². The number of fused-ring (bicyclic) bond motifs is 1. The van der Waals surface area contributed by atoms with Crippen LogP contribution in [0.5, 0.6) is 0 Å². The molecule has 2 heterocycles. The summed E-state index contributed by atoms with van der Waals surface area (Å²) in [5.41, 5.74) is 1.41. The van der Waals surface area contributed by atoms with Gasteiger partial charge in [-0.05, 0) is 31.1 Å². The molecule has 2 aliphatic carbocycles. The van der Waals surface area contributed by atoms with Crippen LogP contribution < -0.4 is 5.32 Å². The first-order valence-electron chi connectivity index (χ1n) is 9.53. The number of amidine groups is 2. The Hall–Kier alpha value is -0.0400. The minimum Gasteiger partial charge on any atom is -0.362 e. The van der Waals surface area contributed by atoms with Crippen molar-refractivity contribution in [1.82, 2.24) is 10.2 Å². The van der Waals surface area contributed by atoms with Crippen LogP contribution in [0.1, 0.15) is 57.8 Å². The lowest BCUT2D eigenvalue weighted by Crippen LogP contribution is -2.35. The van der Waals surface area contributed by atoms with Gasteiger partial charge in [0.05, 0.1) is 12.6 Å². The second kappa shape index (κ2) is 11.1. The number of nitrogens with zero attached hydrogens (tertiary/aromatic N) is 3. The summed E-state index contributed by atoms with van der Waals surface area (Å²) in [6.07, 6.45) is 12.0. The first kappa shape index (κ1) is 22.3. The molecule has 4 rings (SSSR count). The standard InChI is InChI=1S/C18H28N4S2.2ClH/c1-2-6-14(7-3-1)20-17(21-15-8-4-5-9-15)23-12-16-13-24-18-19-10-11-22(16)18;;/h13-15H,1-12H2,(H,20,21);2*1H. The van der Waals surface area contributed by atoms with Crippen molar-refractivity contribution in [2.24, 2.45) is 9.98 Å². The highest BCUT2D eigenvalue weighted by molar-refractivity contribution is 8.17. The minimum absolute atomic E-state index is 0. The highest BCUT2D eigenvalue weighted by atomic mass is 35.5. The molecule has 2 aliphatic heterocycles. The van der Waals surface area contributed by atoms with E-state index in [2.05, 4.69) is 20.6 Å². The second-order valence-electron chi connectivity index (χ2n) is 7.18. The van der Waals surface area contributed by atoms with E-state index in [9.17, 15) is 0 Å². The van der Waals surface area contributed by atoms with Crippen LogP contribution >= 0.6 is 48.3 Å². The average molecular weight is 438 g/mol. The van der Waals surface area contributed by atoms with Crippen LogP contribution in [0.4, 0.5) is 0 Å². The molecule has 0 aromatic heterocycles. The fourth-order valence-corrected chi connectivity index (χ4v) is 6.03. The van der Waals surface area contributed by atoms with E-state index in [1.165, 1.54) is 73.8 Å². The van der Waals surface area contributed by atoms with Crippen LogP contribution in [-0.2, 0) is 0 Å². The third-order valence-electron chi connectivity index (χ3n) is 5.36. The lowest BCUT2D eigenvalue weighted by molar-refractivity contribution is 0.414. The number of halogens is 2. The zero-order valence-electron chi connectivity index (χ0n) is 15.2. The summed E-state index contributed by atoms with van der Waals surface area (Å²) in [6, 6.07) is 1.20. The molecule has 0 aromatic rings. The van der Waals surface area contributed by atoms with Gasteiger partial charge in [-0.1, -0.05) is 55.6 Å². The zero-order chi connectivity index (χ0) is 16.2. The highest BCUT2D eigenvalue weighted by Crippen LogP contribution is 2.31. The van der Waals surface area contributed by atoms with Gasteiger partial charge in [0.25, 0.3) is 0 Å². The van der Waals surface area contributed by atoms with Crippen molar-refractivity contribution in [2.75, 3.05) is 18.8 Å². The molecule has 0 aromatic carbocycles. The SMILES string of the molecule is C1=C(CSC(=NC2CCCC2)NC2CCCCC2)N2CCN=C2S1.Cl.Cl. The van der Waals surface area contributed by atoms with Crippen LogP contribution in [0, 0.1) is 0 Å². The van der Waals surface area contributed by atoms with Crippen molar-refractivity contribution >= 4 is 58.7 Å². The van der Waals surface area contributed by atoms with Gasteiger partial charge >= 0.3 is 0 Å². The van der Waals surface area contributed by atoms with Crippen molar-refractivity contribution in [2.45, 2.75) is 69.9 Å². The van der Waals surface area contributed by atoms with E-state index in [0.717, 1.165) is 18.8 Å². The fourth-order valence-electron chi connectivity index (χ4n) is 3.97. The lowest BCUT2D eigenvalue weighted by atomic mass is 9.96. The van der Waals surface area contributed by atoms with Gasteiger partial charge < -0.3 is 10.2 Å². The Balaban J connectivity index is 0.00000121. The summed E-state index contributed by atoms with van der Waals surface area (Å²) in [4.78, 5) is 12.0. The van der Waals surface area contributed by atoms with Gasteiger partial charge in [-0.25, -0.2) is 0 Å². The maximum Gasteiger partial charge on any atom is 0.167 e. The summed E-state index contributed by atoms with van der Waals surface area (Å²) in [6.45, 7) is 2.01. The van der Waals surface area contributed by atoms with Crippen molar-refractivity contribution < 1.29 is 0 Å². The Bertz CT molecular complexity index is 541. The molecule has 2 saturated carbocycles. The summed E-state index contributed by atoms with van der Waals surface area (Å²) < 4.78 is 0. The zero-order valence-corrected chi connectivity index (χ0v) is 18.5. The summed E-state index contributed by atoms with van der Waals surface area (Å²) in [5.74, 6) is 1.01. The molecule has 0 unspecified atom stereocenters. The van der Waals surface area contributed by atoms with Crippen molar-refractivity contribution in [3.63, 3.8) is 0 Å². The van der Waals surface area contributed by atoms with Gasteiger partial charge in [0.2, 0.25) is 0 Å². The number of nitrogens with one attached hydrogen (secondary N) is 1. The van der Waals surface area contributed by atoms with E-state index in [-0.39, 0.29) is 24.8 Å². The molecule has 0 atom stereocenters. The molecule has 4 aliphatic rings. The quantitative estimate of drug-likeness (QED) is 0.494. The Morgan fingerprint density at radius 1 is 1.15 bits per heavy atom. The van der Waals surface area contributed by atoms with E-state index in [1.807, 2.05) is 11.8 Å². The molecule has 1 N–H and O–H groups in total. The molecule has 148 valence electrons. The van der Waals surface area contributed by atoms with E-state index in [1.54, 1.807) is 11.8 Å². The third-order valence-corrected chi connectivity index (χ3v) is 7.25. The molecular formula is C18H30Cl2N4S2. The lowest BCUT2D eigenvalue weighted by Gasteiger charge is -2.25. The number of thioether (sulfide) groups is 2.